The third-order valence-corrected chi connectivity index (χ3v) is 3.99. The summed E-state index contributed by atoms with van der Waals surface area (Å²) < 4.78 is 10.1. The van der Waals surface area contributed by atoms with Crippen molar-refractivity contribution in [2.75, 3.05) is 25.3 Å². The Morgan fingerprint density at radius 2 is 1.81 bits per heavy atom. The van der Waals surface area contributed by atoms with Crippen molar-refractivity contribution in [3.8, 4) is 17.0 Å². The first-order chi connectivity index (χ1) is 13.0. The molecule has 0 aliphatic carbocycles. The number of rotatable bonds is 5. The third kappa shape index (κ3) is 4.27. The van der Waals surface area contributed by atoms with Gasteiger partial charge in [0, 0.05) is 22.3 Å². The number of hydrogen-bond donors (Lipinski definition) is 2. The first-order valence-electron chi connectivity index (χ1n) is 7.94. The fourth-order valence-corrected chi connectivity index (χ4v) is 2.68. The van der Waals surface area contributed by atoms with E-state index in [1.165, 1.54) is 7.11 Å². The molecule has 0 bridgehead atoms. The smallest absolute Gasteiger partial charge is 0.337 e. The summed E-state index contributed by atoms with van der Waals surface area (Å²) in [6.07, 6.45) is 0. The second-order valence-corrected chi connectivity index (χ2v) is 5.97. The lowest BCUT2D eigenvalue weighted by atomic mass is 10.1. The van der Waals surface area contributed by atoms with Gasteiger partial charge in [-0.05, 0) is 42.5 Å². The number of methoxy groups -OCH3 is 2. The minimum Gasteiger partial charge on any atom is -0.496 e. The van der Waals surface area contributed by atoms with Gasteiger partial charge in [-0.15, -0.1) is 0 Å². The highest BCUT2D eigenvalue weighted by Crippen LogP contribution is 2.33. The van der Waals surface area contributed by atoms with Crippen LogP contribution in [0.25, 0.3) is 11.3 Å². The van der Waals surface area contributed by atoms with Crippen LogP contribution in [0, 0.1) is 0 Å². The van der Waals surface area contributed by atoms with E-state index in [-0.39, 0.29) is 5.95 Å². The molecule has 0 aliphatic heterocycles. The summed E-state index contributed by atoms with van der Waals surface area (Å²) >= 11 is 6.10. The van der Waals surface area contributed by atoms with Gasteiger partial charge in [0.25, 0.3) is 0 Å². The van der Waals surface area contributed by atoms with Crippen LogP contribution in [0.2, 0.25) is 5.02 Å². The zero-order valence-electron chi connectivity index (χ0n) is 14.7. The maximum atomic E-state index is 11.5. The lowest BCUT2D eigenvalue weighted by Gasteiger charge is -2.11. The Balaban J connectivity index is 1.92. The first-order valence-corrected chi connectivity index (χ1v) is 8.32. The number of nitrogens with two attached hydrogens (primary N) is 1. The quantitative estimate of drug-likeness (QED) is 0.643. The normalized spacial score (nSPS) is 10.3. The molecule has 3 N–H and O–H groups in total. The molecule has 0 aliphatic rings. The molecule has 27 heavy (non-hydrogen) atoms. The standard InChI is InChI=1S/C19H17ClN4O3/c1-26-16-8-5-12(20)9-14(16)15-10-17(24-19(21)23-15)22-13-6-3-11(4-7-13)18(25)27-2/h3-10H,1-2H3,(H3,21,22,23,24). The molecule has 2 aromatic carbocycles. The topological polar surface area (TPSA) is 99.4 Å². The molecule has 0 radical (unpaired) electrons. The molecular formula is C19H17ClN4O3. The molecule has 0 fully saturated rings. The van der Waals surface area contributed by atoms with Gasteiger partial charge in [-0.3, -0.25) is 0 Å². The molecule has 138 valence electrons. The minimum absolute atomic E-state index is 0.100. The van der Waals surface area contributed by atoms with Gasteiger partial charge < -0.3 is 20.5 Å². The number of hydrogen-bond acceptors (Lipinski definition) is 7. The van der Waals surface area contributed by atoms with Crippen LogP contribution in [0.4, 0.5) is 17.5 Å². The maximum absolute atomic E-state index is 11.5. The molecular weight excluding hydrogens is 368 g/mol. The molecule has 1 heterocycles. The molecule has 0 unspecified atom stereocenters. The van der Waals surface area contributed by atoms with Crippen LogP contribution in [-0.4, -0.2) is 30.2 Å². The number of aromatic nitrogens is 2. The van der Waals surface area contributed by atoms with Gasteiger partial charge in [0.1, 0.15) is 11.6 Å². The van der Waals surface area contributed by atoms with Crippen LogP contribution in [-0.2, 0) is 4.74 Å². The fourth-order valence-electron chi connectivity index (χ4n) is 2.50. The highest BCUT2D eigenvalue weighted by Gasteiger charge is 2.12. The summed E-state index contributed by atoms with van der Waals surface area (Å²) in [5, 5.41) is 3.69. The lowest BCUT2D eigenvalue weighted by Crippen LogP contribution is -2.03. The highest BCUT2D eigenvalue weighted by molar-refractivity contribution is 6.31. The molecule has 8 heteroatoms. The van der Waals surface area contributed by atoms with Gasteiger partial charge in [0.05, 0.1) is 25.5 Å². The van der Waals surface area contributed by atoms with E-state index < -0.39 is 5.97 Å². The molecule has 3 rings (SSSR count). The minimum atomic E-state index is -0.400. The van der Waals surface area contributed by atoms with E-state index in [0.717, 1.165) is 5.69 Å². The van der Waals surface area contributed by atoms with E-state index in [4.69, 9.17) is 22.1 Å². The monoisotopic (exact) mass is 384 g/mol. The molecule has 0 amide bonds. The molecule has 0 atom stereocenters. The number of esters is 1. The zero-order chi connectivity index (χ0) is 19.4. The summed E-state index contributed by atoms with van der Waals surface area (Å²) in [5.41, 5.74) is 8.31. The number of halogens is 1. The number of carbonyl (C=O) groups excluding carboxylic acids is 1. The molecule has 0 spiro atoms. The van der Waals surface area contributed by atoms with Crippen molar-refractivity contribution in [1.82, 2.24) is 9.97 Å². The van der Waals surface area contributed by atoms with Crippen molar-refractivity contribution in [2.45, 2.75) is 0 Å². The Bertz CT molecular complexity index is 977. The van der Waals surface area contributed by atoms with E-state index in [9.17, 15) is 4.79 Å². The van der Waals surface area contributed by atoms with Crippen LogP contribution >= 0.6 is 11.6 Å². The predicted molar refractivity (Wildman–Crippen MR) is 105 cm³/mol. The summed E-state index contributed by atoms with van der Waals surface area (Å²) in [7, 11) is 2.91. The highest BCUT2D eigenvalue weighted by atomic mass is 35.5. The number of nitrogens with zero attached hydrogens (tertiary/aromatic N) is 2. The molecule has 7 nitrogen and oxygen atoms in total. The first kappa shape index (κ1) is 18.5. The van der Waals surface area contributed by atoms with Crippen LogP contribution < -0.4 is 15.8 Å². The number of benzene rings is 2. The average Bonchev–Trinajstić information content (AvgIpc) is 2.67. The lowest BCUT2D eigenvalue weighted by molar-refractivity contribution is 0.0601. The van der Waals surface area contributed by atoms with Gasteiger partial charge in [-0.25, -0.2) is 9.78 Å². The Hall–Kier alpha value is -3.32. The van der Waals surface area contributed by atoms with E-state index in [1.807, 2.05) is 0 Å². The Morgan fingerprint density at radius 3 is 2.48 bits per heavy atom. The second kappa shape index (κ2) is 7.92. The molecule has 0 saturated carbocycles. The van der Waals surface area contributed by atoms with Crippen molar-refractivity contribution in [3.05, 3.63) is 59.1 Å². The Morgan fingerprint density at radius 1 is 1.07 bits per heavy atom. The number of ether oxygens (including phenoxy) is 2. The maximum Gasteiger partial charge on any atom is 0.337 e. The van der Waals surface area contributed by atoms with Crippen LogP contribution in [0.5, 0.6) is 5.75 Å². The van der Waals surface area contributed by atoms with Crippen LogP contribution in [0.3, 0.4) is 0 Å². The number of nitrogens with one attached hydrogen (secondary N) is 1. The Kier molecular flexibility index (Phi) is 5.42. The van der Waals surface area contributed by atoms with Crippen LogP contribution in [0.1, 0.15) is 10.4 Å². The summed E-state index contributed by atoms with van der Waals surface area (Å²) in [5.74, 6) is 0.808. The van der Waals surface area contributed by atoms with E-state index in [2.05, 4.69) is 20.0 Å². The largest absolute Gasteiger partial charge is 0.496 e. The predicted octanol–water partition coefficient (Wildman–Crippen LogP) is 3.92. The van der Waals surface area contributed by atoms with E-state index >= 15 is 0 Å². The summed E-state index contributed by atoms with van der Waals surface area (Å²) in [4.78, 5) is 20.0. The zero-order valence-corrected chi connectivity index (χ0v) is 15.4. The molecule has 0 saturated heterocycles. The summed E-state index contributed by atoms with van der Waals surface area (Å²) in [6.45, 7) is 0. The van der Waals surface area contributed by atoms with Gasteiger partial charge in [-0.1, -0.05) is 11.6 Å². The van der Waals surface area contributed by atoms with Gasteiger partial charge in [0.15, 0.2) is 0 Å². The number of anilines is 3. The van der Waals surface area contributed by atoms with Crippen molar-refractivity contribution in [1.29, 1.82) is 0 Å². The Labute approximate surface area is 161 Å². The SMILES string of the molecule is COC(=O)c1ccc(Nc2cc(-c3cc(Cl)ccc3OC)nc(N)n2)cc1. The third-order valence-electron chi connectivity index (χ3n) is 3.76. The molecule has 1 aromatic heterocycles. The van der Waals surface area contributed by atoms with Gasteiger partial charge in [-0.2, -0.15) is 4.98 Å². The fraction of sp³-hybridized carbons (Fsp3) is 0.105. The van der Waals surface area contributed by atoms with Crippen LogP contribution in [0.15, 0.2) is 48.5 Å². The van der Waals surface area contributed by atoms with Crippen molar-refractivity contribution < 1.29 is 14.3 Å². The number of carbonyl (C=O) groups is 1. The van der Waals surface area contributed by atoms with Crippen molar-refractivity contribution in [3.63, 3.8) is 0 Å². The van der Waals surface area contributed by atoms with Crippen molar-refractivity contribution >= 4 is 35.0 Å². The van der Waals surface area contributed by atoms with Gasteiger partial charge in [0.2, 0.25) is 5.95 Å². The summed E-state index contributed by atoms with van der Waals surface area (Å²) in [6, 6.07) is 13.8. The van der Waals surface area contributed by atoms with Crippen molar-refractivity contribution in [2.24, 2.45) is 0 Å². The van der Waals surface area contributed by atoms with E-state index in [0.29, 0.717) is 33.4 Å². The number of nitrogen functional groups attached to an aromatic ring is 1. The molecule has 3 aromatic rings. The second-order valence-electron chi connectivity index (χ2n) is 5.54. The van der Waals surface area contributed by atoms with Gasteiger partial charge >= 0.3 is 5.97 Å². The van der Waals surface area contributed by atoms with E-state index in [1.54, 1.807) is 55.6 Å². The average molecular weight is 385 g/mol.